The number of rotatable bonds is 3. The smallest absolute Gasteiger partial charge is 0.252 e. The van der Waals surface area contributed by atoms with Crippen molar-refractivity contribution in [2.24, 2.45) is 5.41 Å². The van der Waals surface area contributed by atoms with Gasteiger partial charge in [-0.25, -0.2) is 9.97 Å². The van der Waals surface area contributed by atoms with Crippen LogP contribution in [0.25, 0.3) is 22.0 Å². The van der Waals surface area contributed by atoms with Crippen LogP contribution in [0.4, 0.5) is 11.6 Å². The minimum Gasteiger partial charge on any atom is -0.383 e. The van der Waals surface area contributed by atoms with Gasteiger partial charge in [-0.2, -0.15) is 11.8 Å². The number of amides is 1. The van der Waals surface area contributed by atoms with Gasteiger partial charge in [0.15, 0.2) is 0 Å². The van der Waals surface area contributed by atoms with E-state index in [-0.39, 0.29) is 5.91 Å². The molecule has 3 N–H and O–H groups in total. The monoisotopic (exact) mass is 445 g/mol. The Morgan fingerprint density at radius 3 is 2.72 bits per heavy atom. The standard InChI is InChI=1S/C25H27N5OS/c1-15-3-6-27-13-19(15)21-9-17-10-22(28-14-20(17)23(26)29-21)30-24(31)16(2)18-11-25(12-18)4-7-32-8-5-25/h3,6,9-10,13-14H,4-5,7-8,11-12H2,1-2H3,(H2,26,29)(H,28,30,31). The first-order valence-electron chi connectivity index (χ1n) is 11.0. The first-order chi connectivity index (χ1) is 15.4. The molecule has 164 valence electrons. The van der Waals surface area contributed by atoms with Crippen LogP contribution < -0.4 is 11.1 Å². The number of hydrogen-bond donors (Lipinski definition) is 2. The zero-order valence-corrected chi connectivity index (χ0v) is 19.3. The summed E-state index contributed by atoms with van der Waals surface area (Å²) in [5.74, 6) is 3.35. The maximum atomic E-state index is 12.9. The van der Waals surface area contributed by atoms with Crippen LogP contribution in [0.1, 0.15) is 38.2 Å². The first-order valence-corrected chi connectivity index (χ1v) is 12.1. The third kappa shape index (κ3) is 3.86. The largest absolute Gasteiger partial charge is 0.383 e. The summed E-state index contributed by atoms with van der Waals surface area (Å²) in [4.78, 5) is 26.1. The van der Waals surface area contributed by atoms with Crippen LogP contribution in [0.3, 0.4) is 0 Å². The quantitative estimate of drug-likeness (QED) is 0.542. The van der Waals surface area contributed by atoms with Crippen LogP contribution in [0, 0.1) is 12.3 Å². The Morgan fingerprint density at radius 1 is 1.19 bits per heavy atom. The minimum atomic E-state index is -0.0720. The van der Waals surface area contributed by atoms with Crippen LogP contribution in [-0.4, -0.2) is 32.4 Å². The van der Waals surface area contributed by atoms with Gasteiger partial charge in [-0.05, 0) is 85.6 Å². The van der Waals surface area contributed by atoms with E-state index in [0.29, 0.717) is 17.1 Å². The van der Waals surface area contributed by atoms with Crippen LogP contribution in [-0.2, 0) is 4.79 Å². The number of anilines is 2. The van der Waals surface area contributed by atoms with E-state index in [1.807, 2.05) is 43.8 Å². The molecule has 1 aliphatic heterocycles. The lowest BCUT2D eigenvalue weighted by Crippen LogP contribution is -2.36. The van der Waals surface area contributed by atoms with Gasteiger partial charge in [0.05, 0.1) is 5.69 Å². The van der Waals surface area contributed by atoms with Crippen LogP contribution >= 0.6 is 11.8 Å². The van der Waals surface area contributed by atoms with Crippen LogP contribution in [0.5, 0.6) is 0 Å². The van der Waals surface area contributed by atoms with Crippen molar-refractivity contribution in [3.05, 3.63) is 53.5 Å². The molecular formula is C25H27N5OS. The number of nitrogens with zero attached hydrogens (tertiary/aromatic N) is 3. The summed E-state index contributed by atoms with van der Waals surface area (Å²) in [5.41, 5.74) is 11.5. The molecule has 0 atom stereocenters. The Morgan fingerprint density at radius 2 is 1.97 bits per heavy atom. The highest BCUT2D eigenvalue weighted by Crippen LogP contribution is 2.54. The summed E-state index contributed by atoms with van der Waals surface area (Å²) in [6, 6.07) is 5.77. The summed E-state index contributed by atoms with van der Waals surface area (Å²) in [7, 11) is 0. The maximum Gasteiger partial charge on any atom is 0.252 e. The summed E-state index contributed by atoms with van der Waals surface area (Å²) in [6.07, 6.45) is 9.90. The summed E-state index contributed by atoms with van der Waals surface area (Å²) in [5, 5.41) is 4.63. The molecule has 0 unspecified atom stereocenters. The molecule has 7 heteroatoms. The molecule has 2 aliphatic rings. The molecule has 0 radical (unpaired) electrons. The molecule has 4 heterocycles. The van der Waals surface area contributed by atoms with Gasteiger partial charge in [-0.15, -0.1) is 0 Å². The molecule has 2 fully saturated rings. The number of thioether (sulfide) groups is 1. The van der Waals surface area contributed by atoms with E-state index in [4.69, 9.17) is 5.73 Å². The number of hydrogen-bond acceptors (Lipinski definition) is 6. The molecular weight excluding hydrogens is 418 g/mol. The second-order valence-corrected chi connectivity index (χ2v) is 10.2. The molecule has 32 heavy (non-hydrogen) atoms. The third-order valence-electron chi connectivity index (χ3n) is 6.90. The lowest BCUT2D eigenvalue weighted by Gasteiger charge is -2.47. The molecule has 1 spiro atoms. The molecule has 6 nitrogen and oxygen atoms in total. The number of nitrogens with one attached hydrogen (secondary N) is 1. The van der Waals surface area contributed by atoms with Gasteiger partial charge in [0.2, 0.25) is 0 Å². The van der Waals surface area contributed by atoms with E-state index < -0.39 is 0 Å². The molecule has 5 rings (SSSR count). The first kappa shape index (κ1) is 20.9. The number of carbonyl (C=O) groups excluding carboxylic acids is 1. The Balaban J connectivity index is 1.38. The highest BCUT2D eigenvalue weighted by molar-refractivity contribution is 7.99. The molecule has 0 bridgehead atoms. The van der Waals surface area contributed by atoms with E-state index in [2.05, 4.69) is 20.3 Å². The average molecular weight is 446 g/mol. The SMILES string of the molecule is CC(C(=O)Nc1cc2cc(-c3cnccc3C)nc(N)c2cn1)=C1CC2(CCSCC2)C1. The lowest BCUT2D eigenvalue weighted by atomic mass is 9.61. The fourth-order valence-electron chi connectivity index (χ4n) is 4.76. The average Bonchev–Trinajstić information content (AvgIpc) is 2.77. The third-order valence-corrected chi connectivity index (χ3v) is 7.89. The topological polar surface area (TPSA) is 93.8 Å². The molecule has 0 aromatic carbocycles. The van der Waals surface area contributed by atoms with Crippen molar-refractivity contribution in [3.8, 4) is 11.3 Å². The normalized spacial score (nSPS) is 17.2. The van der Waals surface area contributed by atoms with Gasteiger partial charge in [-0.1, -0.05) is 5.57 Å². The van der Waals surface area contributed by atoms with Gasteiger partial charge in [0, 0.05) is 35.1 Å². The summed E-state index contributed by atoms with van der Waals surface area (Å²) >= 11 is 2.05. The second-order valence-electron chi connectivity index (χ2n) is 9.02. The molecule has 1 aliphatic carbocycles. The van der Waals surface area contributed by atoms with E-state index in [1.165, 1.54) is 29.9 Å². The predicted molar refractivity (Wildman–Crippen MR) is 131 cm³/mol. The van der Waals surface area contributed by atoms with Gasteiger partial charge in [0.25, 0.3) is 5.91 Å². The predicted octanol–water partition coefficient (Wildman–Crippen LogP) is 5.14. The molecule has 3 aromatic rings. The van der Waals surface area contributed by atoms with Crippen molar-refractivity contribution in [2.75, 3.05) is 22.6 Å². The van der Waals surface area contributed by atoms with Gasteiger partial charge in [-0.3, -0.25) is 9.78 Å². The van der Waals surface area contributed by atoms with Crippen LogP contribution in [0.2, 0.25) is 0 Å². The van der Waals surface area contributed by atoms with E-state index >= 15 is 0 Å². The number of aryl methyl sites for hydroxylation is 1. The molecule has 3 aromatic heterocycles. The number of aromatic nitrogens is 3. The van der Waals surface area contributed by atoms with E-state index in [1.54, 1.807) is 18.6 Å². The molecule has 1 saturated carbocycles. The molecule has 1 saturated heterocycles. The highest BCUT2D eigenvalue weighted by atomic mass is 32.2. The fourth-order valence-corrected chi connectivity index (χ4v) is 6.12. The van der Waals surface area contributed by atoms with E-state index in [9.17, 15) is 4.79 Å². The fraction of sp³-hybridized carbons (Fsp3) is 0.360. The molecule has 1 amide bonds. The zero-order valence-electron chi connectivity index (χ0n) is 18.4. The minimum absolute atomic E-state index is 0.0720. The number of carbonyl (C=O) groups is 1. The van der Waals surface area contributed by atoms with Crippen molar-refractivity contribution in [3.63, 3.8) is 0 Å². The number of fused-ring (bicyclic) bond motifs is 1. The van der Waals surface area contributed by atoms with Crippen molar-refractivity contribution in [1.82, 2.24) is 15.0 Å². The number of pyridine rings is 3. The van der Waals surface area contributed by atoms with E-state index in [0.717, 1.165) is 46.0 Å². The van der Waals surface area contributed by atoms with Crippen molar-refractivity contribution in [1.29, 1.82) is 0 Å². The van der Waals surface area contributed by atoms with Gasteiger partial charge >= 0.3 is 0 Å². The Bertz CT molecular complexity index is 1240. The number of nitrogens with two attached hydrogens (primary N) is 1. The van der Waals surface area contributed by atoms with Crippen molar-refractivity contribution >= 4 is 40.1 Å². The number of nitrogen functional groups attached to an aromatic ring is 1. The maximum absolute atomic E-state index is 12.9. The zero-order chi connectivity index (χ0) is 22.3. The Hall–Kier alpha value is -2.93. The number of allylic oxidation sites excluding steroid dienone is 1. The highest BCUT2D eigenvalue weighted by Gasteiger charge is 2.42. The van der Waals surface area contributed by atoms with Gasteiger partial charge < -0.3 is 11.1 Å². The Kier molecular flexibility index (Phi) is 5.37. The summed E-state index contributed by atoms with van der Waals surface area (Å²) in [6.45, 7) is 3.95. The lowest BCUT2D eigenvalue weighted by molar-refractivity contribution is -0.113. The van der Waals surface area contributed by atoms with Crippen molar-refractivity contribution in [2.45, 2.75) is 39.5 Å². The second kappa shape index (κ2) is 8.20. The van der Waals surface area contributed by atoms with Crippen LogP contribution in [0.15, 0.2) is 47.9 Å². The summed E-state index contributed by atoms with van der Waals surface area (Å²) < 4.78 is 0. The van der Waals surface area contributed by atoms with Gasteiger partial charge in [0.1, 0.15) is 11.6 Å². The Labute approximate surface area is 192 Å². The van der Waals surface area contributed by atoms with Crippen molar-refractivity contribution < 1.29 is 4.79 Å².